The molecular formula is C27H22F3N7. The Morgan fingerprint density at radius 2 is 1.70 bits per heavy atom. The summed E-state index contributed by atoms with van der Waals surface area (Å²) in [6.45, 7) is 3.81. The van der Waals surface area contributed by atoms with Gasteiger partial charge < -0.3 is 5.32 Å². The van der Waals surface area contributed by atoms with Gasteiger partial charge in [-0.05, 0) is 43.7 Å². The van der Waals surface area contributed by atoms with E-state index < -0.39 is 11.7 Å². The predicted molar refractivity (Wildman–Crippen MR) is 134 cm³/mol. The van der Waals surface area contributed by atoms with Gasteiger partial charge in [0.2, 0.25) is 5.95 Å². The minimum atomic E-state index is -4.49. The van der Waals surface area contributed by atoms with E-state index in [4.69, 9.17) is 0 Å². The normalized spacial score (nSPS) is 12.4. The molecule has 1 atom stereocenters. The van der Waals surface area contributed by atoms with E-state index in [0.717, 1.165) is 17.7 Å². The number of benzene rings is 2. The van der Waals surface area contributed by atoms with Gasteiger partial charge in [-0.15, -0.1) is 10.2 Å². The van der Waals surface area contributed by atoms with E-state index in [1.54, 1.807) is 41.4 Å². The van der Waals surface area contributed by atoms with Gasteiger partial charge in [-0.3, -0.25) is 4.57 Å². The van der Waals surface area contributed by atoms with E-state index in [-0.39, 0.29) is 17.3 Å². The molecule has 7 nitrogen and oxygen atoms in total. The van der Waals surface area contributed by atoms with Crippen molar-refractivity contribution in [2.45, 2.75) is 26.1 Å². The maximum absolute atomic E-state index is 13.4. The molecule has 0 radical (unpaired) electrons. The first-order chi connectivity index (χ1) is 17.8. The second-order valence-electron chi connectivity index (χ2n) is 8.43. The fourth-order valence-electron chi connectivity index (χ4n) is 3.97. The largest absolute Gasteiger partial charge is 0.416 e. The molecule has 5 rings (SSSR count). The number of halogens is 3. The van der Waals surface area contributed by atoms with E-state index >= 15 is 0 Å². The Hall–Kier alpha value is -4.60. The molecule has 5 aromatic rings. The number of aryl methyl sites for hydroxylation is 1. The van der Waals surface area contributed by atoms with Gasteiger partial charge in [0.25, 0.3) is 0 Å². The summed E-state index contributed by atoms with van der Waals surface area (Å²) < 4.78 is 42.1. The number of rotatable bonds is 6. The van der Waals surface area contributed by atoms with Crippen molar-refractivity contribution in [3.8, 4) is 28.3 Å². The lowest BCUT2D eigenvalue weighted by molar-refractivity contribution is -0.137. The topological polar surface area (TPSA) is 81.4 Å². The number of hydrogen-bond acceptors (Lipinski definition) is 6. The van der Waals surface area contributed by atoms with Crippen LogP contribution < -0.4 is 5.32 Å². The monoisotopic (exact) mass is 501 g/mol. The molecule has 0 aliphatic rings. The maximum Gasteiger partial charge on any atom is 0.416 e. The molecule has 0 spiro atoms. The number of aromatic nitrogens is 6. The Bertz CT molecular complexity index is 1530. The number of nitrogens with zero attached hydrogens (tertiary/aromatic N) is 6. The maximum atomic E-state index is 13.4. The zero-order chi connectivity index (χ0) is 26.0. The Morgan fingerprint density at radius 3 is 2.43 bits per heavy atom. The van der Waals surface area contributed by atoms with Crippen molar-refractivity contribution in [2.75, 3.05) is 5.32 Å². The van der Waals surface area contributed by atoms with Crippen LogP contribution in [0, 0.1) is 6.92 Å². The number of nitrogens with one attached hydrogen (secondary N) is 1. The summed E-state index contributed by atoms with van der Waals surface area (Å²) in [7, 11) is 0. The van der Waals surface area contributed by atoms with Crippen molar-refractivity contribution in [1.82, 2.24) is 29.7 Å². The third-order valence-electron chi connectivity index (χ3n) is 5.89. The van der Waals surface area contributed by atoms with Gasteiger partial charge in [-0.1, -0.05) is 42.5 Å². The first-order valence-electron chi connectivity index (χ1n) is 11.5. The van der Waals surface area contributed by atoms with Crippen molar-refractivity contribution in [3.05, 3.63) is 102 Å². The molecule has 0 amide bonds. The molecular weight excluding hydrogens is 479 g/mol. The van der Waals surface area contributed by atoms with E-state index in [0.29, 0.717) is 28.8 Å². The highest BCUT2D eigenvalue weighted by molar-refractivity contribution is 5.80. The van der Waals surface area contributed by atoms with Crippen molar-refractivity contribution < 1.29 is 13.2 Å². The molecule has 0 aliphatic heterocycles. The van der Waals surface area contributed by atoms with Gasteiger partial charge in [-0.2, -0.15) is 13.2 Å². The van der Waals surface area contributed by atoms with Gasteiger partial charge in [-0.25, -0.2) is 15.0 Å². The molecule has 186 valence electrons. The van der Waals surface area contributed by atoms with E-state index in [9.17, 15) is 13.2 Å². The van der Waals surface area contributed by atoms with Crippen LogP contribution in [0.3, 0.4) is 0 Å². The Labute approximate surface area is 211 Å². The van der Waals surface area contributed by atoms with E-state index in [1.165, 1.54) is 6.07 Å². The average molecular weight is 502 g/mol. The van der Waals surface area contributed by atoms with Crippen LogP contribution in [0.1, 0.15) is 29.9 Å². The standard InChI is InChI=1S/C27H22F3N7/c1-17(19-7-4-3-5-8-19)33-26-32-12-11-23(34-26)22-16-24(37-14-13-31-18(37)2)35-36-25(22)20-9-6-10-21(15-20)27(28,29)30/h3-17H,1-2H3,(H,32,33,34)/t17-/m0/s1. The SMILES string of the molecule is Cc1nccn1-c1cc(-c2ccnc(N[C@@H](C)c3ccccc3)n2)c(-c2cccc(C(F)(F)F)c2)nn1. The number of alkyl halides is 3. The quantitative estimate of drug-likeness (QED) is 0.295. The highest BCUT2D eigenvalue weighted by atomic mass is 19.4. The Morgan fingerprint density at radius 1 is 0.892 bits per heavy atom. The van der Waals surface area contributed by atoms with Crippen LogP contribution in [-0.2, 0) is 6.18 Å². The van der Waals surface area contributed by atoms with Crippen LogP contribution in [0.5, 0.6) is 0 Å². The zero-order valence-electron chi connectivity index (χ0n) is 20.0. The van der Waals surface area contributed by atoms with Crippen molar-refractivity contribution >= 4 is 5.95 Å². The smallest absolute Gasteiger partial charge is 0.348 e. The summed E-state index contributed by atoms with van der Waals surface area (Å²) in [6, 6.07) is 18.2. The number of anilines is 1. The summed E-state index contributed by atoms with van der Waals surface area (Å²) in [5, 5.41) is 11.9. The zero-order valence-corrected chi connectivity index (χ0v) is 20.0. The molecule has 0 saturated carbocycles. The first-order valence-corrected chi connectivity index (χ1v) is 11.5. The van der Waals surface area contributed by atoms with Crippen molar-refractivity contribution in [2.24, 2.45) is 0 Å². The fourth-order valence-corrected chi connectivity index (χ4v) is 3.97. The summed E-state index contributed by atoms with van der Waals surface area (Å²) in [6.07, 6.45) is 0.481. The van der Waals surface area contributed by atoms with Gasteiger partial charge in [0.1, 0.15) is 11.5 Å². The summed E-state index contributed by atoms with van der Waals surface area (Å²) >= 11 is 0. The Kier molecular flexibility index (Phi) is 6.39. The predicted octanol–water partition coefficient (Wildman–Crippen LogP) is 6.29. The second-order valence-corrected chi connectivity index (χ2v) is 8.43. The Balaban J connectivity index is 1.60. The van der Waals surface area contributed by atoms with Crippen LogP contribution >= 0.6 is 0 Å². The molecule has 0 aliphatic carbocycles. The van der Waals surface area contributed by atoms with Crippen LogP contribution in [0.15, 0.2) is 85.3 Å². The first kappa shape index (κ1) is 24.1. The summed E-state index contributed by atoms with van der Waals surface area (Å²) in [5.41, 5.74) is 1.83. The van der Waals surface area contributed by atoms with Crippen molar-refractivity contribution in [3.63, 3.8) is 0 Å². The molecule has 1 N–H and O–H groups in total. The third kappa shape index (κ3) is 5.18. The average Bonchev–Trinajstić information content (AvgIpc) is 3.34. The molecule has 0 saturated heterocycles. The third-order valence-corrected chi connectivity index (χ3v) is 5.89. The van der Waals surface area contributed by atoms with E-state index in [1.807, 2.05) is 44.2 Å². The van der Waals surface area contributed by atoms with Crippen LogP contribution in [-0.4, -0.2) is 29.7 Å². The van der Waals surface area contributed by atoms with Crippen LogP contribution in [0.4, 0.5) is 19.1 Å². The number of imidazole rings is 1. The molecule has 3 aromatic heterocycles. The van der Waals surface area contributed by atoms with Gasteiger partial charge in [0, 0.05) is 29.7 Å². The van der Waals surface area contributed by atoms with Gasteiger partial charge in [0.15, 0.2) is 5.82 Å². The molecule has 10 heteroatoms. The lowest BCUT2D eigenvalue weighted by atomic mass is 10.0. The van der Waals surface area contributed by atoms with Gasteiger partial charge in [0.05, 0.1) is 17.3 Å². The molecule has 0 unspecified atom stereocenters. The molecule has 37 heavy (non-hydrogen) atoms. The lowest BCUT2D eigenvalue weighted by Gasteiger charge is -2.16. The molecule has 2 aromatic carbocycles. The summed E-state index contributed by atoms with van der Waals surface area (Å²) in [4.78, 5) is 13.2. The lowest BCUT2D eigenvalue weighted by Crippen LogP contribution is -2.10. The van der Waals surface area contributed by atoms with Crippen LogP contribution in [0.2, 0.25) is 0 Å². The highest BCUT2D eigenvalue weighted by Crippen LogP contribution is 2.35. The highest BCUT2D eigenvalue weighted by Gasteiger charge is 2.31. The molecule has 0 fully saturated rings. The second kappa shape index (κ2) is 9.81. The fraction of sp³-hybridized carbons (Fsp3) is 0.148. The number of hydrogen-bond donors (Lipinski definition) is 1. The van der Waals surface area contributed by atoms with Crippen molar-refractivity contribution in [1.29, 1.82) is 0 Å². The minimum absolute atomic E-state index is 0.0703. The molecule has 3 heterocycles. The molecule has 0 bridgehead atoms. The van der Waals surface area contributed by atoms with Crippen LogP contribution in [0.25, 0.3) is 28.3 Å². The van der Waals surface area contributed by atoms with Gasteiger partial charge >= 0.3 is 6.18 Å². The minimum Gasteiger partial charge on any atom is -0.348 e. The summed E-state index contributed by atoms with van der Waals surface area (Å²) in [5.74, 6) is 1.53. The van der Waals surface area contributed by atoms with E-state index in [2.05, 4.69) is 30.5 Å².